The zero-order chi connectivity index (χ0) is 26.5. The Balaban J connectivity index is 1.81. The number of fused-ring (bicyclic) bond motifs is 1. The molecule has 0 spiro atoms. The largest absolute Gasteiger partial charge is 0.377 e. The molecule has 0 fully saturated rings. The maximum absolute atomic E-state index is 13.4. The summed E-state index contributed by atoms with van der Waals surface area (Å²) in [6, 6.07) is 12.8. The van der Waals surface area contributed by atoms with Gasteiger partial charge < -0.3 is 15.5 Å². The number of para-hydroxylation sites is 1. The van der Waals surface area contributed by atoms with E-state index in [1.165, 1.54) is 12.1 Å². The van der Waals surface area contributed by atoms with Crippen LogP contribution in [-0.2, 0) is 11.3 Å². The van der Waals surface area contributed by atoms with Crippen LogP contribution in [-0.4, -0.2) is 52.7 Å². The van der Waals surface area contributed by atoms with Crippen molar-refractivity contribution in [1.29, 1.82) is 0 Å². The van der Waals surface area contributed by atoms with E-state index in [-0.39, 0.29) is 17.4 Å². The SMILES string of the molecule is C=C(CNC(=O)C(NC(=O)c1nn(Cc2ccc(F)cc2)c2ccccc12)C(C)(C)C)N(C)CCC. The molecule has 0 radical (unpaired) electrons. The number of benzene rings is 2. The summed E-state index contributed by atoms with van der Waals surface area (Å²) in [7, 11) is 1.94. The number of carbonyl (C=O) groups excluding carboxylic acids is 2. The van der Waals surface area contributed by atoms with E-state index in [1.54, 1.807) is 16.8 Å². The predicted octanol–water partition coefficient (Wildman–Crippen LogP) is 4.34. The quantitative estimate of drug-likeness (QED) is 0.440. The Bertz CT molecular complexity index is 1230. The van der Waals surface area contributed by atoms with E-state index in [0.717, 1.165) is 29.7 Å². The van der Waals surface area contributed by atoms with Crippen molar-refractivity contribution in [3.05, 3.63) is 77.9 Å². The first-order chi connectivity index (χ1) is 17.0. The van der Waals surface area contributed by atoms with Gasteiger partial charge in [0.15, 0.2) is 5.69 Å². The number of likely N-dealkylation sites (N-methyl/N-ethyl adjacent to an activating group) is 1. The average molecular weight is 494 g/mol. The van der Waals surface area contributed by atoms with Gasteiger partial charge in [-0.1, -0.05) is 64.6 Å². The first-order valence-electron chi connectivity index (χ1n) is 12.2. The highest BCUT2D eigenvalue weighted by Gasteiger charge is 2.34. The molecule has 2 aromatic carbocycles. The number of amides is 2. The van der Waals surface area contributed by atoms with Crippen LogP contribution in [0.15, 0.2) is 60.8 Å². The second kappa shape index (κ2) is 11.4. The Hall–Kier alpha value is -3.68. The summed E-state index contributed by atoms with van der Waals surface area (Å²) < 4.78 is 15.0. The van der Waals surface area contributed by atoms with E-state index in [0.29, 0.717) is 18.5 Å². The van der Waals surface area contributed by atoms with Crippen molar-refractivity contribution in [1.82, 2.24) is 25.3 Å². The van der Waals surface area contributed by atoms with E-state index in [1.807, 2.05) is 57.0 Å². The van der Waals surface area contributed by atoms with Crippen LogP contribution < -0.4 is 10.6 Å². The average Bonchev–Trinajstić information content (AvgIpc) is 3.20. The maximum Gasteiger partial charge on any atom is 0.273 e. The van der Waals surface area contributed by atoms with Crippen LogP contribution in [0.25, 0.3) is 10.9 Å². The molecule has 0 aliphatic rings. The molecule has 8 heteroatoms. The Morgan fingerprint density at radius 2 is 1.81 bits per heavy atom. The van der Waals surface area contributed by atoms with Gasteiger partial charge in [0.2, 0.25) is 5.91 Å². The number of nitrogens with one attached hydrogen (secondary N) is 2. The lowest BCUT2D eigenvalue weighted by Gasteiger charge is -2.31. The first kappa shape index (κ1) is 26.9. The molecule has 7 nitrogen and oxygen atoms in total. The van der Waals surface area contributed by atoms with E-state index < -0.39 is 17.4 Å². The van der Waals surface area contributed by atoms with Gasteiger partial charge in [0.1, 0.15) is 11.9 Å². The number of halogens is 1. The third-order valence-corrected chi connectivity index (χ3v) is 6.09. The summed E-state index contributed by atoms with van der Waals surface area (Å²) in [5.74, 6) is -1.02. The summed E-state index contributed by atoms with van der Waals surface area (Å²) in [6.07, 6.45) is 0.978. The fourth-order valence-electron chi connectivity index (χ4n) is 3.97. The van der Waals surface area contributed by atoms with Crippen LogP contribution in [0.5, 0.6) is 0 Å². The fraction of sp³-hybridized carbons (Fsp3) is 0.393. The van der Waals surface area contributed by atoms with Gasteiger partial charge in [-0.2, -0.15) is 5.10 Å². The van der Waals surface area contributed by atoms with Gasteiger partial charge in [0, 0.05) is 24.7 Å². The lowest BCUT2D eigenvalue weighted by molar-refractivity contribution is -0.125. The molecule has 2 N–H and O–H groups in total. The molecule has 1 unspecified atom stereocenters. The normalized spacial score (nSPS) is 12.3. The Labute approximate surface area is 212 Å². The van der Waals surface area contributed by atoms with Crippen molar-refractivity contribution >= 4 is 22.7 Å². The van der Waals surface area contributed by atoms with Crippen LogP contribution >= 0.6 is 0 Å². The summed E-state index contributed by atoms with van der Waals surface area (Å²) in [4.78, 5) is 28.6. The number of rotatable bonds is 10. The van der Waals surface area contributed by atoms with Gasteiger partial charge in [-0.05, 0) is 35.6 Å². The molecule has 2 amide bonds. The maximum atomic E-state index is 13.4. The highest BCUT2D eigenvalue weighted by Crippen LogP contribution is 2.23. The van der Waals surface area contributed by atoms with Crippen molar-refractivity contribution in [3.8, 4) is 0 Å². The van der Waals surface area contributed by atoms with Gasteiger partial charge in [-0.25, -0.2) is 4.39 Å². The zero-order valence-corrected chi connectivity index (χ0v) is 21.8. The van der Waals surface area contributed by atoms with E-state index in [4.69, 9.17) is 0 Å². The van der Waals surface area contributed by atoms with Crippen LogP contribution in [0.1, 0.15) is 50.2 Å². The van der Waals surface area contributed by atoms with Crippen LogP contribution in [0.4, 0.5) is 4.39 Å². The minimum absolute atomic E-state index is 0.238. The lowest BCUT2D eigenvalue weighted by atomic mass is 9.86. The first-order valence-corrected chi connectivity index (χ1v) is 12.2. The predicted molar refractivity (Wildman–Crippen MR) is 141 cm³/mol. The van der Waals surface area contributed by atoms with Gasteiger partial charge in [-0.15, -0.1) is 0 Å². The highest BCUT2D eigenvalue weighted by atomic mass is 19.1. The van der Waals surface area contributed by atoms with Crippen molar-refractivity contribution in [3.63, 3.8) is 0 Å². The number of aromatic nitrogens is 2. The van der Waals surface area contributed by atoms with Gasteiger partial charge in [0.05, 0.1) is 18.6 Å². The van der Waals surface area contributed by atoms with Gasteiger partial charge in [-0.3, -0.25) is 14.3 Å². The standard InChI is InChI=1S/C28H36FN5O2/c1-7-16-33(6)19(2)17-30-27(36)25(28(3,4)5)31-26(35)24-22-10-8-9-11-23(22)34(32-24)18-20-12-14-21(29)15-13-20/h8-15,25H,2,7,16-18H2,1,3-6H3,(H,30,36)(H,31,35). The topological polar surface area (TPSA) is 79.3 Å². The van der Waals surface area contributed by atoms with E-state index in [2.05, 4.69) is 29.2 Å². The van der Waals surface area contributed by atoms with Crippen molar-refractivity contribution < 1.29 is 14.0 Å². The molecule has 1 heterocycles. The molecule has 3 aromatic rings. The molecule has 0 aliphatic heterocycles. The van der Waals surface area contributed by atoms with Crippen LogP contribution in [0.2, 0.25) is 0 Å². The minimum Gasteiger partial charge on any atom is -0.377 e. The molecule has 0 bridgehead atoms. The lowest BCUT2D eigenvalue weighted by Crippen LogP contribution is -2.54. The van der Waals surface area contributed by atoms with Gasteiger partial charge in [0.25, 0.3) is 5.91 Å². The summed E-state index contributed by atoms with van der Waals surface area (Å²) >= 11 is 0. The molecule has 3 rings (SSSR count). The molecule has 0 saturated carbocycles. The number of nitrogens with zero attached hydrogens (tertiary/aromatic N) is 3. The molecule has 192 valence electrons. The zero-order valence-electron chi connectivity index (χ0n) is 21.8. The second-order valence-electron chi connectivity index (χ2n) is 10.1. The van der Waals surface area contributed by atoms with E-state index >= 15 is 0 Å². The monoisotopic (exact) mass is 493 g/mol. The molecule has 36 heavy (non-hydrogen) atoms. The molecule has 1 atom stereocenters. The second-order valence-corrected chi connectivity index (χ2v) is 10.1. The van der Waals surface area contributed by atoms with Crippen molar-refractivity contribution in [2.75, 3.05) is 20.1 Å². The molecular weight excluding hydrogens is 457 g/mol. The Morgan fingerprint density at radius 3 is 2.44 bits per heavy atom. The fourth-order valence-corrected chi connectivity index (χ4v) is 3.97. The molecule has 0 saturated heterocycles. The van der Waals surface area contributed by atoms with Crippen molar-refractivity contribution in [2.24, 2.45) is 5.41 Å². The molecule has 1 aromatic heterocycles. The molecule has 0 aliphatic carbocycles. The Morgan fingerprint density at radius 1 is 1.14 bits per heavy atom. The smallest absolute Gasteiger partial charge is 0.273 e. The van der Waals surface area contributed by atoms with Gasteiger partial charge >= 0.3 is 0 Å². The van der Waals surface area contributed by atoms with Crippen LogP contribution in [0.3, 0.4) is 0 Å². The summed E-state index contributed by atoms with van der Waals surface area (Å²) in [5, 5.41) is 11.1. The summed E-state index contributed by atoms with van der Waals surface area (Å²) in [6.45, 7) is 13.4. The number of hydrogen-bond acceptors (Lipinski definition) is 4. The molecular formula is C28H36FN5O2. The number of hydrogen-bond donors (Lipinski definition) is 2. The third kappa shape index (κ3) is 6.50. The van der Waals surface area contributed by atoms with Crippen LogP contribution in [0, 0.1) is 11.2 Å². The highest BCUT2D eigenvalue weighted by molar-refractivity contribution is 6.06. The minimum atomic E-state index is -0.782. The number of carbonyl (C=O) groups is 2. The third-order valence-electron chi connectivity index (χ3n) is 6.09. The van der Waals surface area contributed by atoms with Crippen molar-refractivity contribution in [2.45, 2.75) is 46.7 Å². The summed E-state index contributed by atoms with van der Waals surface area (Å²) in [5.41, 5.74) is 2.13. The van der Waals surface area contributed by atoms with E-state index in [9.17, 15) is 14.0 Å². The Kier molecular flexibility index (Phi) is 8.50.